The lowest BCUT2D eigenvalue weighted by Crippen LogP contribution is -2.32. The second kappa shape index (κ2) is 8.69. The topological polar surface area (TPSA) is 74.4 Å². The van der Waals surface area contributed by atoms with Crippen molar-refractivity contribution < 1.29 is 31.5 Å². The first kappa shape index (κ1) is 24.9. The zero-order chi connectivity index (χ0) is 26.7. The summed E-state index contributed by atoms with van der Waals surface area (Å²) in [4.78, 5) is 13.2. The van der Waals surface area contributed by atoms with E-state index in [-0.39, 0.29) is 22.0 Å². The Morgan fingerprint density at radius 3 is 2.57 bits per heavy atom. The summed E-state index contributed by atoms with van der Waals surface area (Å²) in [6.45, 7) is 3.62. The van der Waals surface area contributed by atoms with Crippen molar-refractivity contribution in [3.63, 3.8) is 0 Å². The molecule has 4 N–H and O–H groups in total. The number of halogens is 6. The first-order chi connectivity index (χ1) is 17.3. The molecule has 3 aromatic carbocycles. The van der Waals surface area contributed by atoms with Gasteiger partial charge in [0.2, 0.25) is 0 Å². The van der Waals surface area contributed by atoms with Gasteiger partial charge in [0.1, 0.15) is 23.0 Å². The van der Waals surface area contributed by atoms with Crippen LogP contribution in [-0.4, -0.2) is 17.8 Å². The highest BCUT2D eigenvalue weighted by Gasteiger charge is 2.39. The van der Waals surface area contributed by atoms with Crippen LogP contribution in [0.2, 0.25) is 5.02 Å². The summed E-state index contributed by atoms with van der Waals surface area (Å²) in [5.41, 5.74) is -0.669. The van der Waals surface area contributed by atoms with Gasteiger partial charge in [0.05, 0.1) is 38.9 Å². The number of fused-ring (bicyclic) bond motifs is 3. The van der Waals surface area contributed by atoms with Gasteiger partial charge in [0, 0.05) is 12.0 Å². The molecule has 0 radical (unpaired) electrons. The van der Waals surface area contributed by atoms with Gasteiger partial charge < -0.3 is 26.0 Å². The highest BCUT2D eigenvalue weighted by atomic mass is 35.5. The number of carbonyl (C=O) groups excluding carboxylic acids is 1. The molecule has 1 amide bonds. The largest absolute Gasteiger partial charge is 0.486 e. The van der Waals surface area contributed by atoms with Crippen molar-refractivity contribution in [2.24, 2.45) is 0 Å². The lowest BCUT2D eigenvalue weighted by molar-refractivity contribution is -0.137. The Kier molecular flexibility index (Phi) is 5.86. The van der Waals surface area contributed by atoms with Crippen LogP contribution >= 0.6 is 11.6 Å². The standard InChI is InChI=1S/C25H20ClF5N4O2/c1-24(2)10-13-19-18(33-23(34-19)35-20-14(26)4-3-5-16(20)28)9-12(21(13)37-24)22(36)32-17-8-11(25(29,30)31)6-7-15(17)27/h3-9,23,33-35H,10H2,1-2H3,(H,32,36). The summed E-state index contributed by atoms with van der Waals surface area (Å²) in [6, 6.07) is 7.45. The normalized spacial score (nSPS) is 17.2. The van der Waals surface area contributed by atoms with Gasteiger partial charge >= 0.3 is 6.18 Å². The third kappa shape index (κ3) is 4.71. The molecule has 2 aliphatic heterocycles. The highest BCUT2D eigenvalue weighted by molar-refractivity contribution is 6.33. The van der Waals surface area contributed by atoms with Gasteiger partial charge in [-0.1, -0.05) is 17.7 Å². The molecule has 37 heavy (non-hydrogen) atoms. The van der Waals surface area contributed by atoms with E-state index in [2.05, 4.69) is 21.3 Å². The molecule has 1 unspecified atom stereocenters. The first-order valence-electron chi connectivity index (χ1n) is 11.1. The number of hydrogen-bond donors (Lipinski definition) is 4. The zero-order valence-electron chi connectivity index (χ0n) is 19.4. The Morgan fingerprint density at radius 2 is 1.86 bits per heavy atom. The van der Waals surface area contributed by atoms with Gasteiger partial charge in [0.15, 0.2) is 6.29 Å². The lowest BCUT2D eigenvalue weighted by atomic mass is 9.97. The molecule has 0 aliphatic carbocycles. The lowest BCUT2D eigenvalue weighted by Gasteiger charge is -2.18. The molecule has 0 saturated carbocycles. The number of anilines is 4. The molecule has 0 bridgehead atoms. The fourth-order valence-corrected chi connectivity index (χ4v) is 4.58. The molecule has 194 valence electrons. The molecule has 3 aromatic rings. The first-order valence-corrected chi connectivity index (χ1v) is 11.5. The smallest absolute Gasteiger partial charge is 0.416 e. The molecular weight excluding hydrogens is 519 g/mol. The van der Waals surface area contributed by atoms with E-state index in [0.29, 0.717) is 41.6 Å². The van der Waals surface area contributed by atoms with Gasteiger partial charge in [-0.05, 0) is 50.2 Å². The number of carbonyl (C=O) groups is 1. The Hall–Kier alpha value is -3.73. The van der Waals surface area contributed by atoms with Crippen LogP contribution in [0, 0.1) is 11.6 Å². The van der Waals surface area contributed by atoms with Crippen LogP contribution in [0.5, 0.6) is 5.75 Å². The molecule has 5 rings (SSSR count). The van der Waals surface area contributed by atoms with E-state index in [9.17, 15) is 26.7 Å². The van der Waals surface area contributed by atoms with Crippen LogP contribution in [-0.2, 0) is 12.6 Å². The fraction of sp³-hybridized carbons (Fsp3) is 0.240. The SMILES string of the molecule is CC1(C)Cc2c3c(cc(C(=O)Nc4cc(C(F)(F)F)ccc4F)c2O1)NC(Nc1c(F)cccc1Cl)N3. The van der Waals surface area contributed by atoms with E-state index in [4.69, 9.17) is 16.3 Å². The van der Waals surface area contributed by atoms with Crippen LogP contribution in [0.4, 0.5) is 44.7 Å². The Morgan fingerprint density at radius 1 is 1.11 bits per heavy atom. The minimum absolute atomic E-state index is 0.00462. The zero-order valence-corrected chi connectivity index (χ0v) is 20.2. The maximum absolute atomic E-state index is 14.3. The quantitative estimate of drug-likeness (QED) is 0.274. The van der Waals surface area contributed by atoms with E-state index < -0.39 is 46.9 Å². The van der Waals surface area contributed by atoms with E-state index in [1.54, 1.807) is 0 Å². The van der Waals surface area contributed by atoms with Gasteiger partial charge in [-0.15, -0.1) is 0 Å². The summed E-state index contributed by atoms with van der Waals surface area (Å²) in [6.07, 6.45) is -5.03. The number of alkyl halides is 3. The Balaban J connectivity index is 1.48. The molecule has 0 aromatic heterocycles. The predicted molar refractivity (Wildman–Crippen MR) is 130 cm³/mol. The molecule has 1 atom stereocenters. The van der Waals surface area contributed by atoms with Crippen LogP contribution in [0.25, 0.3) is 0 Å². The summed E-state index contributed by atoms with van der Waals surface area (Å²) in [5.74, 6) is -2.23. The third-order valence-electron chi connectivity index (χ3n) is 5.99. The van der Waals surface area contributed by atoms with E-state index in [1.165, 1.54) is 24.3 Å². The van der Waals surface area contributed by atoms with Crippen LogP contribution in [0.15, 0.2) is 42.5 Å². The third-order valence-corrected chi connectivity index (χ3v) is 6.30. The Bertz CT molecular complexity index is 1410. The second-order valence-electron chi connectivity index (χ2n) is 9.30. The summed E-state index contributed by atoms with van der Waals surface area (Å²) < 4.78 is 73.9. The summed E-state index contributed by atoms with van der Waals surface area (Å²) in [7, 11) is 0. The van der Waals surface area contributed by atoms with Crippen LogP contribution in [0.3, 0.4) is 0 Å². The van der Waals surface area contributed by atoms with Crippen molar-refractivity contribution in [3.05, 3.63) is 75.8 Å². The molecule has 2 heterocycles. The van der Waals surface area contributed by atoms with Gasteiger partial charge in [-0.2, -0.15) is 13.2 Å². The van der Waals surface area contributed by atoms with E-state index >= 15 is 0 Å². The monoisotopic (exact) mass is 538 g/mol. The average Bonchev–Trinajstić information content (AvgIpc) is 3.35. The molecule has 0 saturated heterocycles. The van der Waals surface area contributed by atoms with Crippen LogP contribution < -0.4 is 26.0 Å². The molecule has 12 heteroatoms. The number of para-hydroxylation sites is 1. The molecular formula is C25H20ClF5N4O2. The molecule has 0 fully saturated rings. The Labute approximate surface area is 213 Å². The van der Waals surface area contributed by atoms with Crippen LogP contribution in [0.1, 0.15) is 35.3 Å². The van der Waals surface area contributed by atoms with Crippen molar-refractivity contribution >= 4 is 40.3 Å². The number of ether oxygens (including phenoxy) is 1. The number of nitrogens with one attached hydrogen (secondary N) is 4. The number of amides is 1. The maximum Gasteiger partial charge on any atom is 0.416 e. The van der Waals surface area contributed by atoms with Gasteiger partial charge in [-0.3, -0.25) is 4.79 Å². The van der Waals surface area contributed by atoms with Gasteiger partial charge in [0.25, 0.3) is 5.91 Å². The highest BCUT2D eigenvalue weighted by Crippen LogP contribution is 2.48. The second-order valence-corrected chi connectivity index (χ2v) is 9.71. The van der Waals surface area contributed by atoms with E-state index in [0.717, 1.165) is 0 Å². The molecule has 2 aliphatic rings. The van der Waals surface area contributed by atoms with Crippen molar-refractivity contribution in [2.45, 2.75) is 38.3 Å². The predicted octanol–water partition coefficient (Wildman–Crippen LogP) is 6.84. The van der Waals surface area contributed by atoms with Crippen molar-refractivity contribution in [1.82, 2.24) is 0 Å². The van der Waals surface area contributed by atoms with Crippen molar-refractivity contribution in [1.29, 1.82) is 0 Å². The number of benzene rings is 3. The number of hydrogen-bond acceptors (Lipinski definition) is 5. The number of rotatable bonds is 4. The summed E-state index contributed by atoms with van der Waals surface area (Å²) in [5, 5.41) is 11.6. The summed E-state index contributed by atoms with van der Waals surface area (Å²) >= 11 is 6.11. The fourth-order valence-electron chi connectivity index (χ4n) is 4.37. The minimum atomic E-state index is -4.71. The van der Waals surface area contributed by atoms with Crippen molar-refractivity contribution in [3.8, 4) is 5.75 Å². The van der Waals surface area contributed by atoms with E-state index in [1.807, 2.05) is 13.8 Å². The molecule has 6 nitrogen and oxygen atoms in total. The maximum atomic E-state index is 14.3. The van der Waals surface area contributed by atoms with Crippen molar-refractivity contribution in [2.75, 3.05) is 21.3 Å². The average molecular weight is 539 g/mol. The van der Waals surface area contributed by atoms with Gasteiger partial charge in [-0.25, -0.2) is 8.78 Å². The molecule has 0 spiro atoms. The minimum Gasteiger partial charge on any atom is -0.486 e.